The van der Waals surface area contributed by atoms with E-state index in [9.17, 15) is 4.79 Å². The molecule has 0 saturated carbocycles. The molecule has 1 amide bonds. The standard InChI is InChI=1S/C29H34ClN7OS/c1-20-18-25(30)34-21(2)26(20)27(38)31-14-7-15-35-16-10-23(11-17-35)37-24(22-8-4-3-5-9-22)19-36(29(37)39)28-32-12-6-13-33-28/h3-6,8-9,12-13,18,23-24H,7,10-11,14-17,19H2,1-2H3,(H,31,38)/t24-/m0/s1. The van der Waals surface area contributed by atoms with Crippen molar-refractivity contribution < 1.29 is 4.79 Å². The zero-order valence-electron chi connectivity index (χ0n) is 22.4. The highest BCUT2D eigenvalue weighted by Crippen LogP contribution is 2.36. The Bertz CT molecular complexity index is 1280. The number of amides is 1. The first-order valence-electron chi connectivity index (χ1n) is 13.5. The zero-order valence-corrected chi connectivity index (χ0v) is 24.0. The largest absolute Gasteiger partial charge is 0.352 e. The van der Waals surface area contributed by atoms with E-state index < -0.39 is 0 Å². The van der Waals surface area contributed by atoms with Crippen LogP contribution in [0.15, 0.2) is 54.9 Å². The lowest BCUT2D eigenvalue weighted by molar-refractivity contribution is 0.0947. The van der Waals surface area contributed by atoms with Crippen LogP contribution >= 0.6 is 23.8 Å². The molecule has 0 bridgehead atoms. The summed E-state index contributed by atoms with van der Waals surface area (Å²) in [6, 6.07) is 14.7. The average Bonchev–Trinajstić information content (AvgIpc) is 3.29. The highest BCUT2D eigenvalue weighted by molar-refractivity contribution is 7.80. The number of hydrogen-bond acceptors (Lipinski definition) is 6. The highest BCUT2D eigenvalue weighted by Gasteiger charge is 2.41. The smallest absolute Gasteiger partial charge is 0.253 e. The lowest BCUT2D eigenvalue weighted by atomic mass is 9.99. The van der Waals surface area contributed by atoms with Gasteiger partial charge in [-0.25, -0.2) is 15.0 Å². The van der Waals surface area contributed by atoms with Gasteiger partial charge in [-0.3, -0.25) is 9.69 Å². The molecule has 3 aromatic rings. The van der Waals surface area contributed by atoms with E-state index in [0.717, 1.165) is 56.1 Å². The van der Waals surface area contributed by atoms with Crippen LogP contribution in [-0.2, 0) is 0 Å². The van der Waals surface area contributed by atoms with Crippen molar-refractivity contribution in [2.75, 3.05) is 37.6 Å². The summed E-state index contributed by atoms with van der Waals surface area (Å²) in [4.78, 5) is 32.8. The Morgan fingerprint density at radius 3 is 2.51 bits per heavy atom. The van der Waals surface area contributed by atoms with E-state index in [4.69, 9.17) is 23.8 Å². The van der Waals surface area contributed by atoms with Gasteiger partial charge in [0.1, 0.15) is 5.15 Å². The second kappa shape index (κ2) is 12.4. The van der Waals surface area contributed by atoms with Crippen LogP contribution in [0.25, 0.3) is 0 Å². The lowest BCUT2D eigenvalue weighted by Gasteiger charge is -2.40. The van der Waals surface area contributed by atoms with Gasteiger partial charge >= 0.3 is 0 Å². The number of carbonyl (C=O) groups is 1. The van der Waals surface area contributed by atoms with E-state index in [0.29, 0.717) is 34.9 Å². The summed E-state index contributed by atoms with van der Waals surface area (Å²) in [7, 11) is 0. The molecule has 1 N–H and O–H groups in total. The molecule has 2 aromatic heterocycles. The van der Waals surface area contributed by atoms with Crippen molar-refractivity contribution in [3.63, 3.8) is 0 Å². The second-order valence-corrected chi connectivity index (χ2v) is 10.9. The van der Waals surface area contributed by atoms with E-state index >= 15 is 0 Å². The van der Waals surface area contributed by atoms with Crippen LogP contribution in [0.4, 0.5) is 5.95 Å². The first-order chi connectivity index (χ1) is 18.9. The van der Waals surface area contributed by atoms with Gasteiger partial charge in [0.25, 0.3) is 5.91 Å². The number of piperidine rings is 1. The number of halogens is 1. The minimum absolute atomic E-state index is 0.0886. The van der Waals surface area contributed by atoms with Crippen LogP contribution in [-0.4, -0.2) is 74.5 Å². The molecule has 1 aromatic carbocycles. The Labute approximate surface area is 240 Å². The average molecular weight is 564 g/mol. The predicted molar refractivity (Wildman–Crippen MR) is 158 cm³/mol. The maximum atomic E-state index is 12.7. The van der Waals surface area contributed by atoms with E-state index in [1.807, 2.05) is 19.9 Å². The quantitative estimate of drug-likeness (QED) is 0.242. The molecule has 0 radical (unpaired) electrons. The monoisotopic (exact) mass is 563 g/mol. The third-order valence-electron chi connectivity index (χ3n) is 7.60. The van der Waals surface area contributed by atoms with Crippen molar-refractivity contribution in [1.82, 2.24) is 30.1 Å². The number of nitrogens with zero attached hydrogens (tertiary/aromatic N) is 6. The maximum Gasteiger partial charge on any atom is 0.253 e. The van der Waals surface area contributed by atoms with Gasteiger partial charge in [0.2, 0.25) is 5.95 Å². The molecule has 0 spiro atoms. The molecule has 2 aliphatic heterocycles. The number of carbonyl (C=O) groups excluding carboxylic acids is 1. The normalized spacial score (nSPS) is 18.5. The summed E-state index contributed by atoms with van der Waals surface area (Å²) >= 11 is 12.0. The van der Waals surface area contributed by atoms with Crippen molar-refractivity contribution >= 4 is 40.8 Å². The topological polar surface area (TPSA) is 77.5 Å². The van der Waals surface area contributed by atoms with Crippen molar-refractivity contribution in [2.45, 2.75) is 45.2 Å². The summed E-state index contributed by atoms with van der Waals surface area (Å²) in [6.45, 7) is 8.02. The fourth-order valence-electron chi connectivity index (χ4n) is 5.70. The number of nitrogens with one attached hydrogen (secondary N) is 1. The summed E-state index contributed by atoms with van der Waals surface area (Å²) in [5.74, 6) is 0.569. The molecule has 8 nitrogen and oxygen atoms in total. The van der Waals surface area contributed by atoms with Crippen LogP contribution in [0, 0.1) is 13.8 Å². The molecule has 2 fully saturated rings. The van der Waals surface area contributed by atoms with Crippen LogP contribution in [0.1, 0.15) is 52.5 Å². The van der Waals surface area contributed by atoms with Gasteiger partial charge in [0.15, 0.2) is 5.11 Å². The van der Waals surface area contributed by atoms with Crippen LogP contribution in [0.3, 0.4) is 0 Å². The molecule has 0 unspecified atom stereocenters. The highest BCUT2D eigenvalue weighted by atomic mass is 35.5. The molecule has 5 rings (SSSR count). The number of hydrogen-bond donors (Lipinski definition) is 1. The summed E-state index contributed by atoms with van der Waals surface area (Å²) in [5, 5.41) is 4.27. The van der Waals surface area contributed by atoms with Gasteiger partial charge in [-0.1, -0.05) is 41.9 Å². The molecule has 10 heteroatoms. The third-order valence-corrected chi connectivity index (χ3v) is 8.23. The minimum Gasteiger partial charge on any atom is -0.352 e. The Morgan fingerprint density at radius 2 is 1.82 bits per heavy atom. The van der Waals surface area contributed by atoms with E-state index in [1.54, 1.807) is 18.5 Å². The lowest BCUT2D eigenvalue weighted by Crippen LogP contribution is -2.47. The number of pyridine rings is 1. The molecule has 2 aliphatic rings. The molecular weight excluding hydrogens is 530 g/mol. The zero-order chi connectivity index (χ0) is 27.4. The van der Waals surface area contributed by atoms with E-state index in [1.165, 1.54) is 5.56 Å². The van der Waals surface area contributed by atoms with Crippen LogP contribution < -0.4 is 10.2 Å². The number of rotatable bonds is 8. The number of benzene rings is 1. The first kappa shape index (κ1) is 27.4. The van der Waals surface area contributed by atoms with Crippen LogP contribution in [0.2, 0.25) is 5.15 Å². The Hall–Kier alpha value is -3.14. The van der Waals surface area contributed by atoms with Gasteiger partial charge in [-0.2, -0.15) is 0 Å². The number of aromatic nitrogens is 3. The minimum atomic E-state index is -0.0886. The summed E-state index contributed by atoms with van der Waals surface area (Å²) in [5.41, 5.74) is 3.38. The van der Waals surface area contributed by atoms with Crippen molar-refractivity contribution in [2.24, 2.45) is 0 Å². The first-order valence-corrected chi connectivity index (χ1v) is 14.3. The number of thiocarbonyl (C=S) groups is 1. The molecule has 2 saturated heterocycles. The fourth-order valence-corrected chi connectivity index (χ4v) is 6.43. The Kier molecular flexibility index (Phi) is 8.69. The fraction of sp³-hybridized carbons (Fsp3) is 0.414. The van der Waals surface area contributed by atoms with Gasteiger partial charge in [0.05, 0.1) is 23.8 Å². The molecule has 0 aliphatic carbocycles. The molecule has 4 heterocycles. The van der Waals surface area contributed by atoms with E-state index in [2.05, 4.69) is 65.3 Å². The summed E-state index contributed by atoms with van der Waals surface area (Å²) in [6.07, 6.45) is 6.49. The Morgan fingerprint density at radius 1 is 1.10 bits per heavy atom. The van der Waals surface area contributed by atoms with Crippen molar-refractivity contribution in [3.05, 3.63) is 82.4 Å². The number of likely N-dealkylation sites (tertiary alicyclic amines) is 1. The third kappa shape index (κ3) is 6.21. The summed E-state index contributed by atoms with van der Waals surface area (Å²) < 4.78 is 0. The van der Waals surface area contributed by atoms with Gasteiger partial charge < -0.3 is 15.1 Å². The molecule has 1 atom stereocenters. The van der Waals surface area contributed by atoms with Gasteiger partial charge in [-0.15, -0.1) is 0 Å². The maximum absolute atomic E-state index is 12.7. The Balaban J connectivity index is 1.15. The SMILES string of the molecule is Cc1cc(Cl)nc(C)c1C(=O)NCCCN1CCC(N2C(=S)N(c3ncccn3)C[C@H]2c2ccccc2)CC1. The molecular formula is C29H34ClN7OS. The second-order valence-electron chi connectivity index (χ2n) is 10.2. The van der Waals surface area contributed by atoms with Gasteiger partial charge in [-0.05, 0) is 75.1 Å². The number of aryl methyl sites for hydroxylation is 2. The molecule has 204 valence electrons. The van der Waals surface area contributed by atoms with Crippen LogP contribution in [0.5, 0.6) is 0 Å². The number of anilines is 1. The molecule has 39 heavy (non-hydrogen) atoms. The van der Waals surface area contributed by atoms with E-state index in [-0.39, 0.29) is 11.9 Å². The van der Waals surface area contributed by atoms with Gasteiger partial charge in [0, 0.05) is 38.1 Å². The van der Waals surface area contributed by atoms with Crippen molar-refractivity contribution in [1.29, 1.82) is 0 Å². The predicted octanol–water partition coefficient (Wildman–Crippen LogP) is 4.57. The van der Waals surface area contributed by atoms with Crippen molar-refractivity contribution in [3.8, 4) is 0 Å².